The van der Waals surface area contributed by atoms with Gasteiger partial charge in [0, 0.05) is 6.04 Å². The first-order valence-electron chi connectivity index (χ1n) is 12.6. The molecule has 7 atom stereocenters. The van der Waals surface area contributed by atoms with Gasteiger partial charge < -0.3 is 13.9 Å². The van der Waals surface area contributed by atoms with Crippen molar-refractivity contribution in [2.75, 3.05) is 6.61 Å². The Kier molecular flexibility index (Phi) is 7.77. The number of hydrogen-bond donors (Lipinski definition) is 1. The van der Waals surface area contributed by atoms with Crippen LogP contribution in [0.25, 0.3) is 0 Å². The van der Waals surface area contributed by atoms with Crippen LogP contribution >= 0.6 is 0 Å². The van der Waals surface area contributed by atoms with Gasteiger partial charge in [0.15, 0.2) is 0 Å². The quantitative estimate of drug-likeness (QED) is 0.560. The molecule has 1 aliphatic heterocycles. The number of esters is 2. The lowest BCUT2D eigenvalue weighted by Crippen LogP contribution is -2.39. The van der Waals surface area contributed by atoms with Crippen molar-refractivity contribution in [3.05, 3.63) is 60.1 Å². The van der Waals surface area contributed by atoms with E-state index in [4.69, 9.17) is 13.9 Å². The molecule has 1 aromatic carbocycles. The van der Waals surface area contributed by atoms with E-state index in [-0.39, 0.29) is 24.6 Å². The van der Waals surface area contributed by atoms with Crippen LogP contribution in [-0.2, 0) is 19.1 Å². The molecule has 34 heavy (non-hydrogen) atoms. The Morgan fingerprint density at radius 3 is 2.50 bits per heavy atom. The summed E-state index contributed by atoms with van der Waals surface area (Å²) in [6.07, 6.45) is 4.56. The summed E-state index contributed by atoms with van der Waals surface area (Å²) < 4.78 is 17.5. The van der Waals surface area contributed by atoms with Crippen LogP contribution in [0.15, 0.2) is 53.1 Å². The third-order valence-corrected chi connectivity index (χ3v) is 7.54. The van der Waals surface area contributed by atoms with Crippen LogP contribution in [0.5, 0.6) is 0 Å². The minimum atomic E-state index is -0.708. The number of rotatable bonds is 7. The number of furan rings is 1. The minimum Gasteiger partial charge on any atom is -0.469 e. The zero-order valence-electron chi connectivity index (χ0n) is 20.6. The normalized spacial score (nSPS) is 31.4. The number of ether oxygens (including phenoxy) is 2. The first-order valence-corrected chi connectivity index (χ1v) is 12.6. The van der Waals surface area contributed by atoms with Crippen molar-refractivity contribution in [3.63, 3.8) is 0 Å². The average Bonchev–Trinajstić information content (AvgIpc) is 3.47. The molecule has 2 aromatic rings. The van der Waals surface area contributed by atoms with Gasteiger partial charge in [0.05, 0.1) is 24.7 Å². The van der Waals surface area contributed by atoms with Gasteiger partial charge in [0.1, 0.15) is 17.9 Å². The summed E-state index contributed by atoms with van der Waals surface area (Å²) >= 11 is 0. The SMILES string of the molecule is CCOC(=O)[C@H]1N[C@@H](c2ccccc2)[C@H](C(=O)O[C@H]2C[C@@H](C)CC[C@@H]2C(C)C)[C@H]1c1ccco1. The van der Waals surface area contributed by atoms with Gasteiger partial charge in [0.2, 0.25) is 0 Å². The summed E-state index contributed by atoms with van der Waals surface area (Å²) in [6.45, 7) is 8.68. The predicted molar refractivity (Wildman–Crippen MR) is 129 cm³/mol. The first-order chi connectivity index (χ1) is 16.4. The lowest BCUT2D eigenvalue weighted by Gasteiger charge is -2.37. The topological polar surface area (TPSA) is 77.8 Å². The number of carbonyl (C=O) groups excluding carboxylic acids is 2. The van der Waals surface area contributed by atoms with Crippen LogP contribution in [0.3, 0.4) is 0 Å². The van der Waals surface area contributed by atoms with Gasteiger partial charge in [-0.2, -0.15) is 0 Å². The van der Waals surface area contributed by atoms with Crippen molar-refractivity contribution in [2.24, 2.45) is 23.7 Å². The van der Waals surface area contributed by atoms with Gasteiger partial charge in [-0.15, -0.1) is 0 Å². The van der Waals surface area contributed by atoms with Gasteiger partial charge in [-0.05, 0) is 55.2 Å². The van der Waals surface area contributed by atoms with E-state index in [0.717, 1.165) is 24.8 Å². The Balaban J connectivity index is 1.70. The van der Waals surface area contributed by atoms with Crippen LogP contribution in [0.2, 0.25) is 0 Å². The highest BCUT2D eigenvalue weighted by molar-refractivity contribution is 5.83. The fraction of sp³-hybridized carbons (Fsp3) is 0.571. The van der Waals surface area contributed by atoms with Gasteiger partial charge in [-0.1, -0.05) is 57.5 Å². The zero-order valence-corrected chi connectivity index (χ0v) is 20.6. The summed E-state index contributed by atoms with van der Waals surface area (Å²) in [5.74, 6) is 0.0812. The molecule has 1 aliphatic carbocycles. The zero-order chi connectivity index (χ0) is 24.2. The Bertz CT molecular complexity index is 941. The van der Waals surface area contributed by atoms with Crippen LogP contribution in [0, 0.1) is 23.7 Å². The van der Waals surface area contributed by atoms with Crippen LogP contribution < -0.4 is 5.32 Å². The van der Waals surface area contributed by atoms with E-state index in [9.17, 15) is 9.59 Å². The molecule has 1 aromatic heterocycles. The standard InChI is InChI=1S/C28H37NO5/c1-5-32-28(31)26-23(21-12-9-15-33-21)24(25(29-26)19-10-7-6-8-11-19)27(30)34-22-16-18(4)13-14-20(22)17(2)3/h6-12,15,17-18,20,22-26,29H,5,13-14,16H2,1-4H3/t18-,20+,22-,23+,24+,25-,26-/m0/s1. The Labute approximate surface area is 202 Å². The van der Waals surface area contributed by atoms with Crippen molar-refractivity contribution in [3.8, 4) is 0 Å². The number of carbonyl (C=O) groups is 2. The molecule has 2 aliphatic rings. The number of hydrogen-bond acceptors (Lipinski definition) is 6. The van der Waals surface area contributed by atoms with Gasteiger partial charge in [-0.3, -0.25) is 14.9 Å². The molecule has 0 amide bonds. The van der Waals surface area contributed by atoms with Crippen LogP contribution in [-0.4, -0.2) is 30.7 Å². The molecule has 2 heterocycles. The highest BCUT2D eigenvalue weighted by Crippen LogP contribution is 2.46. The van der Waals surface area contributed by atoms with E-state index < -0.39 is 23.9 Å². The number of nitrogens with one attached hydrogen (secondary N) is 1. The van der Waals surface area contributed by atoms with Crippen LogP contribution in [0.1, 0.15) is 70.2 Å². The molecule has 4 rings (SSSR count). The highest BCUT2D eigenvalue weighted by Gasteiger charge is 2.54. The fourth-order valence-corrected chi connectivity index (χ4v) is 5.81. The third kappa shape index (κ3) is 5.07. The third-order valence-electron chi connectivity index (χ3n) is 7.54. The molecule has 2 fully saturated rings. The predicted octanol–water partition coefficient (Wildman–Crippen LogP) is 5.26. The number of benzene rings is 1. The lowest BCUT2D eigenvalue weighted by molar-refractivity contribution is -0.162. The van der Waals surface area contributed by atoms with Gasteiger partial charge in [-0.25, -0.2) is 0 Å². The largest absolute Gasteiger partial charge is 0.469 e. The van der Waals surface area contributed by atoms with Crippen molar-refractivity contribution in [1.29, 1.82) is 0 Å². The Morgan fingerprint density at radius 1 is 1.09 bits per heavy atom. The molecular formula is C28H37NO5. The first kappa shape index (κ1) is 24.5. The van der Waals surface area contributed by atoms with E-state index in [1.165, 1.54) is 0 Å². The molecule has 0 unspecified atom stereocenters. The highest BCUT2D eigenvalue weighted by atomic mass is 16.5. The molecule has 0 spiro atoms. The second kappa shape index (κ2) is 10.8. The van der Waals surface area contributed by atoms with E-state index in [0.29, 0.717) is 23.5 Å². The maximum absolute atomic E-state index is 13.9. The van der Waals surface area contributed by atoms with E-state index >= 15 is 0 Å². The maximum atomic E-state index is 13.9. The molecule has 1 saturated heterocycles. The average molecular weight is 468 g/mol. The van der Waals surface area contributed by atoms with E-state index in [2.05, 4.69) is 26.1 Å². The van der Waals surface area contributed by atoms with Gasteiger partial charge >= 0.3 is 11.9 Å². The second-order valence-corrected chi connectivity index (χ2v) is 10.2. The molecular weight excluding hydrogens is 430 g/mol. The summed E-state index contributed by atoms with van der Waals surface area (Å²) in [5, 5.41) is 3.41. The Hall–Kier alpha value is -2.60. The fourth-order valence-electron chi connectivity index (χ4n) is 5.81. The summed E-state index contributed by atoms with van der Waals surface area (Å²) in [4.78, 5) is 26.9. The monoisotopic (exact) mass is 467 g/mol. The van der Waals surface area contributed by atoms with Crippen molar-refractivity contribution in [2.45, 2.75) is 71.1 Å². The maximum Gasteiger partial charge on any atom is 0.323 e. The molecule has 1 N–H and O–H groups in total. The Morgan fingerprint density at radius 2 is 1.85 bits per heavy atom. The molecule has 184 valence electrons. The van der Waals surface area contributed by atoms with Crippen molar-refractivity contribution >= 4 is 11.9 Å². The van der Waals surface area contributed by atoms with Crippen molar-refractivity contribution in [1.82, 2.24) is 5.32 Å². The van der Waals surface area contributed by atoms with Crippen LogP contribution in [0.4, 0.5) is 0 Å². The lowest BCUT2D eigenvalue weighted by atomic mass is 9.75. The van der Waals surface area contributed by atoms with Crippen molar-refractivity contribution < 1.29 is 23.5 Å². The minimum absolute atomic E-state index is 0.119. The van der Waals surface area contributed by atoms with Gasteiger partial charge in [0.25, 0.3) is 0 Å². The second-order valence-electron chi connectivity index (χ2n) is 10.2. The summed E-state index contributed by atoms with van der Waals surface area (Å²) in [6, 6.07) is 12.3. The molecule has 6 heteroatoms. The molecule has 0 radical (unpaired) electrons. The molecule has 1 saturated carbocycles. The summed E-state index contributed by atoms with van der Waals surface area (Å²) in [7, 11) is 0. The van der Waals surface area contributed by atoms with E-state index in [1.807, 2.05) is 36.4 Å². The summed E-state index contributed by atoms with van der Waals surface area (Å²) in [5.41, 5.74) is 0.935. The molecule has 0 bridgehead atoms. The smallest absolute Gasteiger partial charge is 0.323 e. The molecule has 6 nitrogen and oxygen atoms in total. The van der Waals surface area contributed by atoms with E-state index in [1.54, 1.807) is 19.3 Å².